The Morgan fingerprint density at radius 2 is 1.50 bits per heavy atom. The highest BCUT2D eigenvalue weighted by molar-refractivity contribution is 7.95. The first-order chi connectivity index (χ1) is 16.0. The fraction of sp³-hybridized carbons (Fsp3) is 0.261. The van der Waals surface area contributed by atoms with Crippen LogP contribution in [0.4, 0.5) is 17.1 Å². The van der Waals surface area contributed by atoms with Crippen molar-refractivity contribution in [2.45, 2.75) is 16.9 Å². The van der Waals surface area contributed by atoms with Crippen molar-refractivity contribution in [1.29, 1.82) is 0 Å². The van der Waals surface area contributed by atoms with Crippen LogP contribution >= 0.6 is 0 Å². The van der Waals surface area contributed by atoms with E-state index in [-0.39, 0.29) is 16.2 Å². The second-order valence-corrected chi connectivity index (χ2v) is 9.97. The minimum absolute atomic E-state index is 0.000198. The molecule has 0 heterocycles. The molecule has 1 unspecified atom stereocenters. The van der Waals surface area contributed by atoms with Crippen LogP contribution in [0.25, 0.3) is 0 Å². The van der Waals surface area contributed by atoms with Gasteiger partial charge >= 0.3 is 5.97 Å². The molecule has 11 heteroatoms. The number of carboxylic acids is 1. The molecule has 1 N–H and O–H groups in total. The van der Waals surface area contributed by atoms with Crippen molar-refractivity contribution in [2.75, 3.05) is 33.1 Å². The maximum Gasteiger partial charge on any atom is 0.337 e. The van der Waals surface area contributed by atoms with Crippen LogP contribution in [0.5, 0.6) is 0 Å². The van der Waals surface area contributed by atoms with E-state index >= 15 is 0 Å². The molecule has 1 atom stereocenters. The van der Waals surface area contributed by atoms with Crippen molar-refractivity contribution in [3.05, 3.63) is 71.7 Å². The fourth-order valence-electron chi connectivity index (χ4n) is 3.02. The van der Waals surface area contributed by atoms with Crippen LogP contribution in [-0.4, -0.2) is 58.2 Å². The summed E-state index contributed by atoms with van der Waals surface area (Å²) in [7, 11) is 3.28. The van der Waals surface area contributed by atoms with E-state index < -0.39 is 21.3 Å². The number of carboxylic acid groups (broad SMARTS) is 1. The van der Waals surface area contributed by atoms with E-state index in [0.717, 1.165) is 5.69 Å². The van der Waals surface area contributed by atoms with E-state index in [1.807, 2.05) is 43.3 Å². The number of sulfone groups is 1. The van der Waals surface area contributed by atoms with E-state index in [9.17, 15) is 18.3 Å². The summed E-state index contributed by atoms with van der Waals surface area (Å²) in [6.07, 6.45) is 3.72. The van der Waals surface area contributed by atoms with Gasteiger partial charge in [-0.1, -0.05) is 11.3 Å². The number of anilines is 1. The quantitative estimate of drug-likeness (QED) is 0.435. The first kappa shape index (κ1) is 24.8. The van der Waals surface area contributed by atoms with Crippen molar-refractivity contribution in [1.82, 2.24) is 5.01 Å². The normalized spacial score (nSPS) is 18.3. The molecule has 0 saturated heterocycles. The molecule has 0 aliphatic heterocycles. The molecule has 10 nitrogen and oxygen atoms in total. The molecule has 34 heavy (non-hydrogen) atoms. The van der Waals surface area contributed by atoms with Gasteiger partial charge in [-0.05, 0) is 60.7 Å². The first-order valence-electron chi connectivity index (χ1n) is 10.3. The molecule has 178 valence electrons. The number of benzene rings is 2. The Morgan fingerprint density at radius 1 is 0.941 bits per heavy atom. The van der Waals surface area contributed by atoms with Crippen LogP contribution in [0, 0.1) is 0 Å². The monoisotopic (exact) mass is 482 g/mol. The summed E-state index contributed by atoms with van der Waals surface area (Å²) >= 11 is 0. The second kappa shape index (κ2) is 9.96. The summed E-state index contributed by atoms with van der Waals surface area (Å²) in [5.74, 6) is -1.21. The summed E-state index contributed by atoms with van der Waals surface area (Å²) in [4.78, 5) is 13.8. The zero-order valence-electron chi connectivity index (χ0n) is 19.3. The molecule has 0 aromatic heterocycles. The van der Waals surface area contributed by atoms with Crippen LogP contribution in [-0.2, 0) is 14.6 Å². The van der Waals surface area contributed by atoms with Crippen molar-refractivity contribution in [3.63, 3.8) is 0 Å². The molecule has 2 aromatic carbocycles. The average Bonchev–Trinajstić information content (AvgIpc) is 2.82. The average molecular weight is 483 g/mol. The molecule has 0 saturated carbocycles. The molecule has 1 aliphatic rings. The van der Waals surface area contributed by atoms with Crippen LogP contribution in [0.1, 0.15) is 6.42 Å². The van der Waals surface area contributed by atoms with E-state index in [1.54, 1.807) is 26.2 Å². The van der Waals surface area contributed by atoms with Gasteiger partial charge < -0.3 is 10.0 Å². The highest BCUT2D eigenvalue weighted by Crippen LogP contribution is 2.32. The Labute approximate surface area is 198 Å². The minimum Gasteiger partial charge on any atom is -0.479 e. The van der Waals surface area contributed by atoms with E-state index in [4.69, 9.17) is 0 Å². The molecule has 0 spiro atoms. The minimum atomic E-state index is -3.84. The number of azo groups is 1. The molecule has 1 aliphatic carbocycles. The molecular weight excluding hydrogens is 456 g/mol. The van der Waals surface area contributed by atoms with Gasteiger partial charge in [0, 0.05) is 40.3 Å². The number of nitrogens with zero attached hydrogens (tertiary/aromatic N) is 6. The largest absolute Gasteiger partial charge is 0.479 e. The number of hydrogen-bond donors (Lipinski definition) is 1. The maximum absolute atomic E-state index is 13.0. The number of aliphatic carboxylic acids is 1. The lowest BCUT2D eigenvalue weighted by Crippen LogP contribution is -2.35. The highest BCUT2D eigenvalue weighted by Gasteiger charge is 2.39. The Morgan fingerprint density at radius 3 is 1.94 bits per heavy atom. The van der Waals surface area contributed by atoms with Gasteiger partial charge in [0.2, 0.25) is 15.4 Å². The zero-order valence-corrected chi connectivity index (χ0v) is 20.1. The zero-order chi connectivity index (χ0) is 24.9. The predicted molar refractivity (Wildman–Crippen MR) is 129 cm³/mol. The maximum atomic E-state index is 13.0. The molecule has 0 bridgehead atoms. The molecule has 0 radical (unpaired) electrons. The Hall–Kier alpha value is -3.86. The van der Waals surface area contributed by atoms with Crippen molar-refractivity contribution < 1.29 is 18.3 Å². The first-order valence-corrected chi connectivity index (χ1v) is 11.8. The highest BCUT2D eigenvalue weighted by atomic mass is 32.2. The van der Waals surface area contributed by atoms with Gasteiger partial charge in [-0.3, -0.25) is 5.01 Å². The number of rotatable bonds is 8. The van der Waals surface area contributed by atoms with Gasteiger partial charge in [0.1, 0.15) is 0 Å². The SMILES string of the molecule is CN(C)N=NC1(C(=O)O)C=CC(S(=O)(=O)c2ccc(N=Nc3ccc(N(C)C)cc3)cc2)=CC1. The molecule has 0 amide bonds. The van der Waals surface area contributed by atoms with Crippen LogP contribution < -0.4 is 4.90 Å². The van der Waals surface area contributed by atoms with E-state index in [2.05, 4.69) is 20.6 Å². The van der Waals surface area contributed by atoms with Gasteiger partial charge in [-0.2, -0.15) is 10.2 Å². The standard InChI is InChI=1S/C23H26N6O4S/c1-28(2)19-9-5-17(6-10-19)24-25-18-7-11-20(12-8-18)34(32,33)21-13-15-23(16-14-21,22(30)31)26-27-29(3)4/h5-15H,16H2,1-4H3,(H,30,31). The van der Waals surface area contributed by atoms with Crippen molar-refractivity contribution in [2.24, 2.45) is 20.6 Å². The third-order valence-corrected chi connectivity index (χ3v) is 6.83. The molecule has 2 aromatic rings. The second-order valence-electron chi connectivity index (χ2n) is 8.02. The third-order valence-electron chi connectivity index (χ3n) is 5.01. The van der Waals surface area contributed by atoms with Crippen LogP contribution in [0.3, 0.4) is 0 Å². The number of hydrogen-bond acceptors (Lipinski definition) is 8. The topological polar surface area (TPSA) is 127 Å². The van der Waals surface area contributed by atoms with Gasteiger partial charge in [0.05, 0.1) is 21.2 Å². The van der Waals surface area contributed by atoms with Gasteiger partial charge in [-0.15, -0.1) is 5.11 Å². The smallest absolute Gasteiger partial charge is 0.337 e. The lowest BCUT2D eigenvalue weighted by atomic mass is 9.92. The summed E-state index contributed by atoms with van der Waals surface area (Å²) in [6, 6.07) is 13.5. The number of carbonyl (C=O) groups is 1. The van der Waals surface area contributed by atoms with E-state index in [0.29, 0.717) is 11.4 Å². The predicted octanol–water partition coefficient (Wildman–Crippen LogP) is 4.54. The lowest BCUT2D eigenvalue weighted by molar-refractivity contribution is -0.141. The molecule has 0 fully saturated rings. The summed E-state index contributed by atoms with van der Waals surface area (Å²) < 4.78 is 26.0. The summed E-state index contributed by atoms with van der Waals surface area (Å²) in [6.45, 7) is 0. The van der Waals surface area contributed by atoms with Crippen LogP contribution in [0.2, 0.25) is 0 Å². The van der Waals surface area contributed by atoms with Crippen LogP contribution in [0.15, 0.2) is 97.1 Å². The lowest BCUT2D eigenvalue weighted by Gasteiger charge is -2.22. The van der Waals surface area contributed by atoms with Crippen molar-refractivity contribution >= 4 is 32.9 Å². The number of allylic oxidation sites excluding steroid dienone is 1. The Kier molecular flexibility index (Phi) is 7.26. The van der Waals surface area contributed by atoms with E-state index in [1.165, 1.54) is 35.4 Å². The Bertz CT molecular complexity index is 1260. The fourth-order valence-corrected chi connectivity index (χ4v) is 4.33. The summed E-state index contributed by atoms with van der Waals surface area (Å²) in [5, 5.41) is 26.9. The summed E-state index contributed by atoms with van der Waals surface area (Å²) in [5.41, 5.74) is 0.574. The molecular formula is C23H26N6O4S. The third kappa shape index (κ3) is 5.54. The van der Waals surface area contributed by atoms with Gasteiger partial charge in [0.25, 0.3) is 0 Å². The van der Waals surface area contributed by atoms with Gasteiger partial charge in [-0.25, -0.2) is 13.2 Å². The Balaban J connectivity index is 1.75. The van der Waals surface area contributed by atoms with Gasteiger partial charge in [0.15, 0.2) is 0 Å². The molecule has 3 rings (SSSR count). The van der Waals surface area contributed by atoms with Crippen molar-refractivity contribution in [3.8, 4) is 0 Å².